The van der Waals surface area contributed by atoms with Crippen LogP contribution in [-0.4, -0.2) is 54.6 Å². The summed E-state index contributed by atoms with van der Waals surface area (Å²) in [5, 5.41) is 3.26. The van der Waals surface area contributed by atoms with E-state index in [4.69, 9.17) is 9.97 Å². The maximum atomic E-state index is 4.85. The molecule has 1 aromatic rings. The highest BCUT2D eigenvalue weighted by molar-refractivity contribution is 5.53. The van der Waals surface area contributed by atoms with Gasteiger partial charge < -0.3 is 15.1 Å². The Bertz CT molecular complexity index is 529. The molecule has 1 aliphatic carbocycles. The zero-order valence-electron chi connectivity index (χ0n) is 12.4. The molecule has 0 radical (unpaired) electrons. The van der Waals surface area contributed by atoms with Crippen molar-refractivity contribution in [1.82, 2.24) is 14.9 Å². The van der Waals surface area contributed by atoms with Crippen molar-refractivity contribution >= 4 is 11.8 Å². The predicted molar refractivity (Wildman–Crippen MR) is 80.3 cm³/mol. The fraction of sp³-hybridized carbons (Fsp3) is 0.733. The zero-order chi connectivity index (χ0) is 13.7. The minimum absolute atomic E-state index is 0.699. The summed E-state index contributed by atoms with van der Waals surface area (Å²) in [6, 6.07) is 0.699. The largest absolute Gasteiger partial charge is 0.373 e. The average molecular weight is 273 g/mol. The maximum absolute atomic E-state index is 4.85. The van der Waals surface area contributed by atoms with E-state index in [0.717, 1.165) is 43.6 Å². The lowest BCUT2D eigenvalue weighted by Crippen LogP contribution is -2.32. The van der Waals surface area contributed by atoms with E-state index >= 15 is 0 Å². The Balaban J connectivity index is 1.63. The summed E-state index contributed by atoms with van der Waals surface area (Å²) < 4.78 is 0. The van der Waals surface area contributed by atoms with Crippen LogP contribution in [0.15, 0.2) is 0 Å². The maximum Gasteiger partial charge on any atom is 0.227 e. The second-order valence-electron chi connectivity index (χ2n) is 6.40. The molecule has 5 nitrogen and oxygen atoms in total. The Hall–Kier alpha value is -1.36. The normalized spacial score (nSPS) is 28.8. The highest BCUT2D eigenvalue weighted by atomic mass is 15.3. The number of fused-ring (bicyclic) bond motifs is 2. The minimum Gasteiger partial charge on any atom is -0.373 e. The van der Waals surface area contributed by atoms with Gasteiger partial charge in [-0.05, 0) is 45.2 Å². The van der Waals surface area contributed by atoms with E-state index in [1.807, 2.05) is 7.05 Å². The van der Waals surface area contributed by atoms with Crippen LogP contribution in [0.3, 0.4) is 0 Å². The van der Waals surface area contributed by atoms with Crippen LogP contribution in [0.2, 0.25) is 0 Å². The third-order valence-electron chi connectivity index (χ3n) is 5.27. The summed E-state index contributed by atoms with van der Waals surface area (Å²) in [6.45, 7) is 3.45. The summed E-state index contributed by atoms with van der Waals surface area (Å²) in [4.78, 5) is 14.5. The van der Waals surface area contributed by atoms with Crippen LogP contribution in [0.5, 0.6) is 0 Å². The van der Waals surface area contributed by atoms with Gasteiger partial charge in [-0.2, -0.15) is 4.98 Å². The van der Waals surface area contributed by atoms with Gasteiger partial charge in [0, 0.05) is 31.7 Å². The first-order valence-corrected chi connectivity index (χ1v) is 7.79. The van der Waals surface area contributed by atoms with Crippen LogP contribution in [0.4, 0.5) is 11.8 Å². The Morgan fingerprint density at radius 1 is 1.20 bits per heavy atom. The Morgan fingerprint density at radius 2 is 2.10 bits per heavy atom. The highest BCUT2D eigenvalue weighted by Gasteiger charge is 2.40. The van der Waals surface area contributed by atoms with E-state index in [1.165, 1.54) is 30.6 Å². The molecule has 2 aliphatic heterocycles. The molecule has 1 N–H and O–H groups in total. The quantitative estimate of drug-likeness (QED) is 0.875. The van der Waals surface area contributed by atoms with Gasteiger partial charge in [0.05, 0.1) is 5.69 Å². The van der Waals surface area contributed by atoms with Crippen LogP contribution >= 0.6 is 0 Å². The van der Waals surface area contributed by atoms with Crippen molar-refractivity contribution in [2.24, 2.45) is 5.92 Å². The van der Waals surface area contributed by atoms with Crippen molar-refractivity contribution in [3.63, 3.8) is 0 Å². The predicted octanol–water partition coefficient (Wildman–Crippen LogP) is 1.15. The third kappa shape index (κ3) is 1.79. The molecule has 5 heteroatoms. The molecule has 0 unspecified atom stereocenters. The van der Waals surface area contributed by atoms with Crippen molar-refractivity contribution in [1.29, 1.82) is 0 Å². The standard InChI is InChI=1S/C15H23N5/c1-16-14-11-4-3-5-12(11)17-15(18-14)20-8-10-6-7-19(2)13(10)9-20/h10,13H,3-9H2,1-2H3,(H,16,17,18)/t10-,13+/m0/s1. The van der Waals surface area contributed by atoms with E-state index in [2.05, 4.69) is 22.2 Å². The van der Waals surface area contributed by atoms with E-state index in [0.29, 0.717) is 6.04 Å². The van der Waals surface area contributed by atoms with Gasteiger partial charge in [-0.15, -0.1) is 0 Å². The number of likely N-dealkylation sites (N-methyl/N-ethyl adjacent to an activating group) is 1. The number of aryl methyl sites for hydroxylation is 1. The Labute approximate surface area is 120 Å². The van der Waals surface area contributed by atoms with Crippen LogP contribution < -0.4 is 10.2 Å². The van der Waals surface area contributed by atoms with Gasteiger partial charge in [-0.25, -0.2) is 4.98 Å². The Morgan fingerprint density at radius 3 is 2.90 bits per heavy atom. The SMILES string of the molecule is CNc1nc(N2C[C@@H]3CCN(C)[C@@H]3C2)nc2c1CCC2. The summed E-state index contributed by atoms with van der Waals surface area (Å²) in [7, 11) is 4.22. The number of hydrogen-bond donors (Lipinski definition) is 1. The van der Waals surface area contributed by atoms with Crippen molar-refractivity contribution < 1.29 is 0 Å². The van der Waals surface area contributed by atoms with Crippen molar-refractivity contribution in [2.75, 3.05) is 43.9 Å². The number of likely N-dealkylation sites (tertiary alicyclic amines) is 1. The fourth-order valence-electron chi connectivity index (χ4n) is 4.10. The van der Waals surface area contributed by atoms with Crippen LogP contribution in [-0.2, 0) is 12.8 Å². The summed E-state index contributed by atoms with van der Waals surface area (Å²) in [5.74, 6) is 2.79. The summed E-state index contributed by atoms with van der Waals surface area (Å²) in [5.41, 5.74) is 2.61. The van der Waals surface area contributed by atoms with Gasteiger partial charge >= 0.3 is 0 Å². The number of rotatable bonds is 2. The summed E-state index contributed by atoms with van der Waals surface area (Å²) >= 11 is 0. The average Bonchev–Trinajstić information content (AvgIpc) is 3.14. The lowest BCUT2D eigenvalue weighted by molar-refractivity contribution is 0.310. The van der Waals surface area contributed by atoms with Gasteiger partial charge in [0.2, 0.25) is 5.95 Å². The molecule has 1 aromatic heterocycles. The van der Waals surface area contributed by atoms with Crippen molar-refractivity contribution in [3.8, 4) is 0 Å². The minimum atomic E-state index is 0.699. The smallest absolute Gasteiger partial charge is 0.227 e. The molecule has 2 saturated heterocycles. The van der Waals surface area contributed by atoms with Crippen LogP contribution in [0, 0.1) is 5.92 Å². The zero-order valence-corrected chi connectivity index (χ0v) is 12.4. The first kappa shape index (κ1) is 12.4. The molecule has 3 heterocycles. The van der Waals surface area contributed by atoms with Gasteiger partial charge in [0.15, 0.2) is 0 Å². The number of nitrogens with zero attached hydrogens (tertiary/aromatic N) is 4. The highest BCUT2D eigenvalue weighted by Crippen LogP contribution is 2.34. The monoisotopic (exact) mass is 273 g/mol. The van der Waals surface area contributed by atoms with E-state index in [1.54, 1.807) is 0 Å². The van der Waals surface area contributed by atoms with Gasteiger partial charge in [0.25, 0.3) is 0 Å². The molecule has 0 aromatic carbocycles. The first-order valence-electron chi connectivity index (χ1n) is 7.79. The van der Waals surface area contributed by atoms with Crippen molar-refractivity contribution in [2.45, 2.75) is 31.7 Å². The van der Waals surface area contributed by atoms with Gasteiger partial charge in [0.1, 0.15) is 5.82 Å². The van der Waals surface area contributed by atoms with E-state index in [-0.39, 0.29) is 0 Å². The van der Waals surface area contributed by atoms with Gasteiger partial charge in [-0.1, -0.05) is 0 Å². The van der Waals surface area contributed by atoms with E-state index < -0.39 is 0 Å². The van der Waals surface area contributed by atoms with Crippen LogP contribution in [0.1, 0.15) is 24.1 Å². The van der Waals surface area contributed by atoms with Gasteiger partial charge in [-0.3, -0.25) is 0 Å². The third-order valence-corrected chi connectivity index (χ3v) is 5.27. The molecular formula is C15H23N5. The summed E-state index contributed by atoms with van der Waals surface area (Å²) in [6.07, 6.45) is 4.78. The molecule has 0 amide bonds. The molecule has 108 valence electrons. The molecule has 0 spiro atoms. The topological polar surface area (TPSA) is 44.3 Å². The second kappa shape index (κ2) is 4.58. The second-order valence-corrected chi connectivity index (χ2v) is 6.40. The molecule has 0 bridgehead atoms. The molecule has 2 atom stereocenters. The fourth-order valence-corrected chi connectivity index (χ4v) is 4.10. The molecule has 3 aliphatic rings. The number of nitrogens with one attached hydrogen (secondary N) is 1. The first-order chi connectivity index (χ1) is 9.76. The van der Waals surface area contributed by atoms with Crippen LogP contribution in [0.25, 0.3) is 0 Å². The molecule has 20 heavy (non-hydrogen) atoms. The van der Waals surface area contributed by atoms with Crippen molar-refractivity contribution in [3.05, 3.63) is 11.3 Å². The number of hydrogen-bond acceptors (Lipinski definition) is 5. The van der Waals surface area contributed by atoms with E-state index in [9.17, 15) is 0 Å². The molecule has 2 fully saturated rings. The Kier molecular flexibility index (Phi) is 2.84. The lowest BCUT2D eigenvalue weighted by atomic mass is 10.1. The number of aromatic nitrogens is 2. The molecular weight excluding hydrogens is 250 g/mol. The number of anilines is 2. The molecule has 0 saturated carbocycles. The molecule has 4 rings (SSSR count). The lowest BCUT2D eigenvalue weighted by Gasteiger charge is -2.21.